The average molecular weight is 581 g/mol. The molecule has 0 saturated heterocycles. The summed E-state index contributed by atoms with van der Waals surface area (Å²) in [6.45, 7) is 4.65. The van der Waals surface area contributed by atoms with E-state index in [1.54, 1.807) is 11.1 Å². The number of benzene rings is 5. The molecule has 3 aliphatic heterocycles. The normalized spacial score (nSPS) is 27.3. The van der Waals surface area contributed by atoms with E-state index in [1.165, 1.54) is 93.7 Å². The van der Waals surface area contributed by atoms with Gasteiger partial charge in [-0.2, -0.15) is 0 Å². The molecule has 0 unspecified atom stereocenters. The van der Waals surface area contributed by atoms with Crippen molar-refractivity contribution < 1.29 is 0 Å². The van der Waals surface area contributed by atoms with Crippen molar-refractivity contribution in [3.05, 3.63) is 125 Å². The van der Waals surface area contributed by atoms with Gasteiger partial charge in [0.15, 0.2) is 0 Å². The monoisotopic (exact) mass is 580 g/mol. The maximum atomic E-state index is 2.69. The van der Waals surface area contributed by atoms with Crippen LogP contribution in [0.25, 0.3) is 0 Å². The van der Waals surface area contributed by atoms with E-state index in [2.05, 4.69) is 127 Å². The Hall–Kier alpha value is -4.24. The van der Waals surface area contributed by atoms with E-state index in [9.17, 15) is 0 Å². The number of aryl methyl sites for hydroxylation is 2. The van der Waals surface area contributed by atoms with E-state index >= 15 is 0 Å². The summed E-state index contributed by atoms with van der Waals surface area (Å²) in [5.74, 6) is 3.36. The van der Waals surface area contributed by atoms with E-state index in [-0.39, 0.29) is 12.1 Å². The summed E-state index contributed by atoms with van der Waals surface area (Å²) in [4.78, 5) is 5.23. The fraction of sp³-hybridized carbons (Fsp3) is 0.286. The maximum Gasteiger partial charge on any atom is 0.252 e. The standard InChI is InChI=1S/C42H37BN2/c1-25-8-5-9-31(18-25)44-37-14-7-15-38-40(37)43(34-17-16-26(2)19-39(34)44)35-12-6-11-33-41(35)45(38)36-13-4-3-10-32(36)42(33)29-21-27-20-28(23-29)24-30(42)22-27/h3-19,27-30H,20-24H2,1-2H3. The second-order valence-electron chi connectivity index (χ2n) is 15.1. The fourth-order valence-corrected chi connectivity index (χ4v) is 11.7. The Kier molecular flexibility index (Phi) is 4.73. The number of fused-ring (bicyclic) bond motifs is 6. The molecule has 0 aromatic heterocycles. The van der Waals surface area contributed by atoms with Crippen LogP contribution in [0.2, 0.25) is 0 Å². The maximum absolute atomic E-state index is 2.69. The largest absolute Gasteiger partial charge is 0.311 e. The first kappa shape index (κ1) is 25.0. The van der Waals surface area contributed by atoms with Gasteiger partial charge in [-0.05, 0) is 145 Å². The van der Waals surface area contributed by atoms with Crippen molar-refractivity contribution >= 4 is 57.2 Å². The number of para-hydroxylation sites is 2. The first-order valence-corrected chi connectivity index (χ1v) is 17.2. The quantitative estimate of drug-likeness (QED) is 0.180. The van der Waals surface area contributed by atoms with Gasteiger partial charge in [-0.25, -0.2) is 0 Å². The summed E-state index contributed by atoms with van der Waals surface area (Å²) in [7, 11) is 0. The minimum Gasteiger partial charge on any atom is -0.311 e. The topological polar surface area (TPSA) is 6.48 Å². The Bertz CT molecular complexity index is 2070. The van der Waals surface area contributed by atoms with Gasteiger partial charge in [0.2, 0.25) is 0 Å². The molecule has 7 aliphatic rings. The van der Waals surface area contributed by atoms with E-state index in [0.717, 1.165) is 23.7 Å². The molecule has 12 rings (SSSR count). The van der Waals surface area contributed by atoms with E-state index in [4.69, 9.17) is 0 Å². The summed E-state index contributed by atoms with van der Waals surface area (Å²) in [6.07, 6.45) is 7.10. The van der Waals surface area contributed by atoms with Crippen molar-refractivity contribution in [2.45, 2.75) is 51.4 Å². The number of nitrogens with zero attached hydrogens (tertiary/aromatic N) is 2. The first-order valence-electron chi connectivity index (χ1n) is 17.2. The Morgan fingerprint density at radius 2 is 1.22 bits per heavy atom. The second kappa shape index (κ2) is 8.52. The van der Waals surface area contributed by atoms with E-state index in [1.807, 2.05) is 0 Å². The van der Waals surface area contributed by atoms with Crippen LogP contribution in [0, 0.1) is 37.5 Å². The molecule has 4 aliphatic carbocycles. The molecule has 0 radical (unpaired) electrons. The van der Waals surface area contributed by atoms with Gasteiger partial charge in [-0.3, -0.25) is 0 Å². The Morgan fingerprint density at radius 1 is 0.556 bits per heavy atom. The molecule has 2 nitrogen and oxygen atoms in total. The molecular weight excluding hydrogens is 543 g/mol. The van der Waals surface area contributed by atoms with Gasteiger partial charge < -0.3 is 9.80 Å². The smallest absolute Gasteiger partial charge is 0.252 e. The van der Waals surface area contributed by atoms with Crippen molar-refractivity contribution in [3.8, 4) is 0 Å². The molecule has 45 heavy (non-hydrogen) atoms. The van der Waals surface area contributed by atoms with Crippen LogP contribution in [-0.4, -0.2) is 6.71 Å². The summed E-state index contributed by atoms with van der Waals surface area (Å²) >= 11 is 0. The van der Waals surface area contributed by atoms with Crippen LogP contribution in [-0.2, 0) is 5.41 Å². The Balaban J connectivity index is 1.24. The summed E-state index contributed by atoms with van der Waals surface area (Å²) in [5, 5.41) is 0. The number of hydrogen-bond donors (Lipinski definition) is 0. The van der Waals surface area contributed by atoms with Crippen LogP contribution in [0.3, 0.4) is 0 Å². The van der Waals surface area contributed by atoms with Crippen LogP contribution >= 0.6 is 0 Å². The highest BCUT2D eigenvalue weighted by atomic mass is 15.2. The third-order valence-electron chi connectivity index (χ3n) is 12.9. The lowest BCUT2D eigenvalue weighted by atomic mass is 9.32. The van der Waals surface area contributed by atoms with Crippen molar-refractivity contribution in [2.24, 2.45) is 23.7 Å². The molecule has 4 bridgehead atoms. The summed E-state index contributed by atoms with van der Waals surface area (Å²) in [6, 6.07) is 40.3. The zero-order valence-electron chi connectivity index (χ0n) is 26.1. The number of hydrogen-bond acceptors (Lipinski definition) is 2. The fourth-order valence-electron chi connectivity index (χ4n) is 11.7. The molecular formula is C42H37BN2. The Labute approximate surface area is 266 Å². The minimum absolute atomic E-state index is 0.124. The zero-order valence-corrected chi connectivity index (χ0v) is 26.1. The molecule has 3 heterocycles. The predicted octanol–water partition coefficient (Wildman–Crippen LogP) is 8.44. The van der Waals surface area contributed by atoms with Crippen molar-refractivity contribution in [3.63, 3.8) is 0 Å². The summed E-state index contributed by atoms with van der Waals surface area (Å²) < 4.78 is 0. The first-order chi connectivity index (χ1) is 22.1. The second-order valence-corrected chi connectivity index (χ2v) is 15.1. The highest BCUT2D eigenvalue weighted by Crippen LogP contribution is 2.69. The van der Waals surface area contributed by atoms with Gasteiger partial charge in [0, 0.05) is 33.9 Å². The van der Waals surface area contributed by atoms with Crippen LogP contribution < -0.4 is 26.2 Å². The molecule has 4 fully saturated rings. The lowest BCUT2D eigenvalue weighted by Crippen LogP contribution is -2.64. The predicted molar refractivity (Wildman–Crippen MR) is 188 cm³/mol. The van der Waals surface area contributed by atoms with Gasteiger partial charge in [0.1, 0.15) is 0 Å². The summed E-state index contributed by atoms with van der Waals surface area (Å²) in [5.41, 5.74) is 18.4. The SMILES string of the molecule is Cc1cccc(N2c3cc(C)ccc3B3c4cccc5c4N(c4ccccc4C54C5CC6CC(C5)CC4C6)c4cccc2c43)c1. The van der Waals surface area contributed by atoms with Gasteiger partial charge in [0.05, 0.1) is 5.69 Å². The van der Waals surface area contributed by atoms with Gasteiger partial charge in [-0.15, -0.1) is 0 Å². The van der Waals surface area contributed by atoms with Crippen LogP contribution in [0.15, 0.2) is 103 Å². The molecule has 0 atom stereocenters. The van der Waals surface area contributed by atoms with E-state index in [0.29, 0.717) is 0 Å². The van der Waals surface area contributed by atoms with Crippen molar-refractivity contribution in [1.82, 2.24) is 0 Å². The average Bonchev–Trinajstić information content (AvgIpc) is 3.05. The van der Waals surface area contributed by atoms with Crippen molar-refractivity contribution in [1.29, 1.82) is 0 Å². The Morgan fingerprint density at radius 3 is 2.02 bits per heavy atom. The molecule has 1 spiro atoms. The number of anilines is 6. The van der Waals surface area contributed by atoms with Crippen LogP contribution in [0.5, 0.6) is 0 Å². The molecule has 0 amide bonds. The molecule has 5 aromatic rings. The zero-order chi connectivity index (χ0) is 29.6. The molecule has 3 heteroatoms. The molecule has 0 N–H and O–H groups in total. The lowest BCUT2D eigenvalue weighted by molar-refractivity contribution is -0.0419. The van der Waals surface area contributed by atoms with Gasteiger partial charge in [-0.1, -0.05) is 66.7 Å². The third-order valence-corrected chi connectivity index (χ3v) is 12.9. The highest BCUT2D eigenvalue weighted by molar-refractivity contribution is 7.00. The molecule has 4 saturated carbocycles. The molecule has 218 valence electrons. The number of rotatable bonds is 1. The lowest BCUT2D eigenvalue weighted by Gasteiger charge is -2.64. The van der Waals surface area contributed by atoms with Crippen LogP contribution in [0.4, 0.5) is 34.1 Å². The van der Waals surface area contributed by atoms with Gasteiger partial charge in [0.25, 0.3) is 6.71 Å². The third kappa shape index (κ3) is 2.99. The minimum atomic E-state index is 0.124. The molecule has 5 aromatic carbocycles. The van der Waals surface area contributed by atoms with Crippen molar-refractivity contribution in [2.75, 3.05) is 9.80 Å². The van der Waals surface area contributed by atoms with Gasteiger partial charge >= 0.3 is 0 Å². The van der Waals surface area contributed by atoms with Crippen LogP contribution in [0.1, 0.15) is 54.4 Å². The highest BCUT2D eigenvalue weighted by Gasteiger charge is 2.62. The van der Waals surface area contributed by atoms with E-state index < -0.39 is 0 Å².